The van der Waals surface area contributed by atoms with Gasteiger partial charge in [0.1, 0.15) is 11.6 Å². The Balaban J connectivity index is 1.40. The molecule has 0 aliphatic carbocycles. The second-order valence-electron chi connectivity index (χ2n) is 12.2. The van der Waals surface area contributed by atoms with E-state index in [-0.39, 0.29) is 6.71 Å². The quantitative estimate of drug-likeness (QED) is 0.207. The van der Waals surface area contributed by atoms with E-state index in [1.54, 1.807) is 0 Å². The van der Waals surface area contributed by atoms with Gasteiger partial charge in [-0.15, -0.1) is 0 Å². The van der Waals surface area contributed by atoms with E-state index in [0.717, 1.165) is 33.8 Å². The van der Waals surface area contributed by atoms with Crippen molar-refractivity contribution in [2.75, 3.05) is 0 Å². The smallest absolute Gasteiger partial charge is 0.253 e. The van der Waals surface area contributed by atoms with Crippen LogP contribution >= 0.6 is 0 Å². The van der Waals surface area contributed by atoms with Gasteiger partial charge in [-0.05, 0) is 62.2 Å². The van der Waals surface area contributed by atoms with E-state index in [1.165, 1.54) is 60.3 Å². The molecule has 206 valence electrons. The van der Waals surface area contributed by atoms with Gasteiger partial charge >= 0.3 is 0 Å². The van der Waals surface area contributed by atoms with Gasteiger partial charge in [0, 0.05) is 22.5 Å². The van der Waals surface area contributed by atoms with Crippen LogP contribution in [0, 0.1) is 0 Å². The van der Waals surface area contributed by atoms with Crippen molar-refractivity contribution in [1.29, 1.82) is 0 Å². The molecule has 11 rings (SSSR count). The lowest BCUT2D eigenvalue weighted by Gasteiger charge is -2.34. The number of fused-ring (bicyclic) bond motifs is 8. The van der Waals surface area contributed by atoms with Crippen molar-refractivity contribution in [3.8, 4) is 34.2 Å². The average Bonchev–Trinajstić information content (AvgIpc) is 3.68. The van der Waals surface area contributed by atoms with Crippen molar-refractivity contribution in [1.82, 2.24) is 19.1 Å². The van der Waals surface area contributed by atoms with Gasteiger partial charge in [-0.3, -0.25) is 9.13 Å². The summed E-state index contributed by atoms with van der Waals surface area (Å²) >= 11 is 0. The monoisotopic (exact) mass is 570 g/mol. The van der Waals surface area contributed by atoms with Crippen molar-refractivity contribution in [3.05, 3.63) is 140 Å². The predicted octanol–water partition coefficient (Wildman–Crippen LogP) is 7.15. The fourth-order valence-electron chi connectivity index (χ4n) is 8.15. The number of hydrogen-bond donors (Lipinski definition) is 0. The molecule has 9 aromatic rings. The van der Waals surface area contributed by atoms with E-state index < -0.39 is 0 Å². The molecule has 7 aromatic carbocycles. The summed E-state index contributed by atoms with van der Waals surface area (Å²) in [7, 11) is 0. The SMILES string of the molecule is c1ccc(-c2nc3cc4ccccc4c4c3n2-c2cccc3c2B4c2c4ccccc4cc4nc(-c5ccccc5)n-3c24)cc1. The number of rotatable bonds is 2. The molecule has 0 radical (unpaired) electrons. The molecular weight excluding hydrogens is 547 g/mol. The molecular formula is C40H23BN4. The summed E-state index contributed by atoms with van der Waals surface area (Å²) in [6.07, 6.45) is 0. The van der Waals surface area contributed by atoms with Crippen LogP contribution in [0.25, 0.3) is 77.8 Å². The number of imidazole rings is 2. The molecule has 2 aliphatic heterocycles. The zero-order chi connectivity index (χ0) is 29.2. The van der Waals surface area contributed by atoms with Crippen LogP contribution in [0.5, 0.6) is 0 Å². The Morgan fingerprint density at radius 3 is 1.36 bits per heavy atom. The third-order valence-electron chi connectivity index (χ3n) is 9.88. The van der Waals surface area contributed by atoms with E-state index in [1.807, 2.05) is 0 Å². The van der Waals surface area contributed by atoms with Crippen LogP contribution in [-0.4, -0.2) is 25.8 Å². The van der Waals surface area contributed by atoms with E-state index in [2.05, 4.69) is 149 Å². The molecule has 0 N–H and O–H groups in total. The summed E-state index contributed by atoms with van der Waals surface area (Å²) in [5.74, 6) is 1.94. The minimum absolute atomic E-state index is 0.0130. The van der Waals surface area contributed by atoms with Crippen LogP contribution < -0.4 is 16.4 Å². The van der Waals surface area contributed by atoms with Crippen LogP contribution in [0.4, 0.5) is 0 Å². The highest BCUT2D eigenvalue weighted by Crippen LogP contribution is 2.39. The highest BCUT2D eigenvalue weighted by Gasteiger charge is 2.43. The largest absolute Gasteiger partial charge is 0.293 e. The second-order valence-corrected chi connectivity index (χ2v) is 12.2. The Bertz CT molecular complexity index is 2520. The standard InChI is InChI=1S/C40H23BN4/c1-3-12-24(13-4-1)39-42-30-22-26-16-7-9-18-28(26)34-37(30)44(39)32-20-11-21-33-36(32)41(34)35-29-19-10-8-17-27(29)23-31-38(35)45(33)40(43-31)25-14-5-2-6-15-25/h1-23H. The van der Waals surface area contributed by atoms with Gasteiger partial charge in [0.15, 0.2) is 0 Å². The van der Waals surface area contributed by atoms with Crippen LogP contribution in [-0.2, 0) is 0 Å². The van der Waals surface area contributed by atoms with Crippen LogP contribution in [0.2, 0.25) is 0 Å². The molecule has 0 amide bonds. The van der Waals surface area contributed by atoms with Crippen LogP contribution in [0.3, 0.4) is 0 Å². The molecule has 45 heavy (non-hydrogen) atoms. The first kappa shape index (κ1) is 23.5. The van der Waals surface area contributed by atoms with E-state index in [4.69, 9.17) is 9.97 Å². The van der Waals surface area contributed by atoms with E-state index in [9.17, 15) is 0 Å². The van der Waals surface area contributed by atoms with E-state index in [0.29, 0.717) is 0 Å². The minimum Gasteiger partial charge on any atom is -0.293 e. The molecule has 4 nitrogen and oxygen atoms in total. The lowest BCUT2D eigenvalue weighted by Crippen LogP contribution is -2.60. The lowest BCUT2D eigenvalue weighted by molar-refractivity contribution is 1.07. The van der Waals surface area contributed by atoms with Gasteiger partial charge in [-0.1, -0.05) is 115 Å². The van der Waals surface area contributed by atoms with Crippen molar-refractivity contribution in [2.45, 2.75) is 0 Å². The van der Waals surface area contributed by atoms with Crippen LogP contribution in [0.15, 0.2) is 140 Å². The number of nitrogens with zero attached hydrogens (tertiary/aromatic N) is 4. The van der Waals surface area contributed by atoms with Crippen LogP contribution in [0.1, 0.15) is 0 Å². The first-order valence-corrected chi connectivity index (χ1v) is 15.5. The molecule has 2 aromatic heterocycles. The molecule has 0 fully saturated rings. The summed E-state index contributed by atoms with van der Waals surface area (Å²) in [6.45, 7) is 0.0130. The van der Waals surface area contributed by atoms with Crippen molar-refractivity contribution in [2.24, 2.45) is 0 Å². The first-order valence-electron chi connectivity index (χ1n) is 15.5. The maximum absolute atomic E-state index is 5.38. The summed E-state index contributed by atoms with van der Waals surface area (Å²) in [6, 6.07) is 50.2. The van der Waals surface area contributed by atoms with Gasteiger partial charge in [-0.2, -0.15) is 0 Å². The van der Waals surface area contributed by atoms with Gasteiger partial charge < -0.3 is 0 Å². The summed E-state index contributed by atoms with van der Waals surface area (Å²) in [5, 5.41) is 4.97. The molecule has 4 heterocycles. The molecule has 0 saturated heterocycles. The molecule has 5 heteroatoms. The third kappa shape index (κ3) is 2.93. The second kappa shape index (κ2) is 8.37. The normalized spacial score (nSPS) is 12.8. The van der Waals surface area contributed by atoms with E-state index >= 15 is 0 Å². The number of benzene rings is 7. The average molecular weight is 570 g/mol. The zero-order valence-corrected chi connectivity index (χ0v) is 24.1. The Morgan fingerprint density at radius 2 is 0.867 bits per heavy atom. The third-order valence-corrected chi connectivity index (χ3v) is 9.88. The van der Waals surface area contributed by atoms with Crippen molar-refractivity contribution < 1.29 is 0 Å². The first-order chi connectivity index (χ1) is 22.3. The molecule has 0 atom stereocenters. The Hall–Kier alpha value is -5.94. The van der Waals surface area contributed by atoms with Crippen molar-refractivity contribution >= 4 is 66.7 Å². The van der Waals surface area contributed by atoms with Gasteiger partial charge in [-0.25, -0.2) is 9.97 Å². The summed E-state index contributed by atoms with van der Waals surface area (Å²) in [5.41, 5.74) is 13.0. The fraction of sp³-hybridized carbons (Fsp3) is 0. The van der Waals surface area contributed by atoms with Gasteiger partial charge in [0.25, 0.3) is 6.71 Å². The number of aromatic nitrogens is 4. The predicted molar refractivity (Wildman–Crippen MR) is 186 cm³/mol. The Labute approximate surface area is 258 Å². The van der Waals surface area contributed by atoms with Gasteiger partial charge in [0.05, 0.1) is 22.1 Å². The molecule has 0 bridgehead atoms. The number of hydrogen-bond acceptors (Lipinski definition) is 2. The maximum Gasteiger partial charge on any atom is 0.253 e. The Kier molecular flexibility index (Phi) is 4.37. The van der Waals surface area contributed by atoms with Gasteiger partial charge in [0.2, 0.25) is 0 Å². The molecule has 0 unspecified atom stereocenters. The maximum atomic E-state index is 5.38. The lowest BCUT2D eigenvalue weighted by atomic mass is 9.33. The molecule has 2 aliphatic rings. The van der Waals surface area contributed by atoms with Crippen molar-refractivity contribution in [3.63, 3.8) is 0 Å². The topological polar surface area (TPSA) is 35.6 Å². The molecule has 0 saturated carbocycles. The molecule has 0 spiro atoms. The highest BCUT2D eigenvalue weighted by molar-refractivity contribution is 7.02. The Morgan fingerprint density at radius 1 is 0.422 bits per heavy atom. The summed E-state index contributed by atoms with van der Waals surface area (Å²) < 4.78 is 4.85. The minimum atomic E-state index is 0.0130. The summed E-state index contributed by atoms with van der Waals surface area (Å²) in [4.78, 5) is 10.8. The highest BCUT2D eigenvalue weighted by atomic mass is 15.1. The zero-order valence-electron chi connectivity index (χ0n) is 24.1. The fourth-order valence-corrected chi connectivity index (χ4v) is 8.15.